The number of amides is 1. The SMILES string of the molecule is NNC(=O)CCCCCOC[C@@H](O)CF. The number of aliphatic hydroxyl groups excluding tert-OH is 1. The molecule has 0 aliphatic rings. The summed E-state index contributed by atoms with van der Waals surface area (Å²) in [6.07, 6.45) is 1.77. The van der Waals surface area contributed by atoms with Crippen molar-refractivity contribution in [3.8, 4) is 0 Å². The number of hydrazine groups is 1. The summed E-state index contributed by atoms with van der Waals surface area (Å²) in [5.74, 6) is 4.72. The summed E-state index contributed by atoms with van der Waals surface area (Å²) in [6.45, 7) is -0.280. The normalized spacial score (nSPS) is 12.5. The van der Waals surface area contributed by atoms with Crippen LogP contribution in [0.5, 0.6) is 0 Å². The Morgan fingerprint density at radius 2 is 2.20 bits per heavy atom. The van der Waals surface area contributed by atoms with Gasteiger partial charge in [-0.25, -0.2) is 10.2 Å². The summed E-state index contributed by atoms with van der Waals surface area (Å²) in [5, 5.41) is 8.80. The molecule has 0 aromatic carbocycles. The van der Waals surface area contributed by atoms with Crippen LogP contribution in [-0.2, 0) is 9.53 Å². The van der Waals surface area contributed by atoms with E-state index in [2.05, 4.69) is 0 Å². The number of aliphatic hydroxyl groups is 1. The molecule has 0 saturated carbocycles. The molecule has 0 bridgehead atoms. The fraction of sp³-hybridized carbons (Fsp3) is 0.889. The number of hydrogen-bond donors (Lipinski definition) is 3. The highest BCUT2D eigenvalue weighted by molar-refractivity contribution is 5.74. The van der Waals surface area contributed by atoms with Crippen molar-refractivity contribution in [1.29, 1.82) is 0 Å². The molecule has 0 fully saturated rings. The van der Waals surface area contributed by atoms with Crippen molar-refractivity contribution < 1.29 is 19.0 Å². The molecule has 0 radical (unpaired) electrons. The number of nitrogens with one attached hydrogen (secondary N) is 1. The van der Waals surface area contributed by atoms with Crippen LogP contribution in [0.15, 0.2) is 0 Å². The molecule has 0 aromatic heterocycles. The van der Waals surface area contributed by atoms with E-state index in [-0.39, 0.29) is 12.5 Å². The third kappa shape index (κ3) is 9.58. The van der Waals surface area contributed by atoms with Gasteiger partial charge in [-0.2, -0.15) is 0 Å². The molecule has 6 heteroatoms. The van der Waals surface area contributed by atoms with E-state index in [9.17, 15) is 9.18 Å². The molecular weight excluding hydrogens is 203 g/mol. The van der Waals surface area contributed by atoms with Crippen molar-refractivity contribution in [1.82, 2.24) is 5.43 Å². The van der Waals surface area contributed by atoms with Gasteiger partial charge in [0.2, 0.25) is 5.91 Å². The van der Waals surface area contributed by atoms with Gasteiger partial charge in [0.05, 0.1) is 6.61 Å². The first kappa shape index (κ1) is 14.3. The second kappa shape index (κ2) is 9.82. The summed E-state index contributed by atoms with van der Waals surface area (Å²) in [7, 11) is 0. The van der Waals surface area contributed by atoms with Crippen LogP contribution < -0.4 is 11.3 Å². The number of hydrogen-bond acceptors (Lipinski definition) is 4. The Morgan fingerprint density at radius 3 is 2.80 bits per heavy atom. The average Bonchev–Trinajstić information content (AvgIpc) is 2.26. The van der Waals surface area contributed by atoms with E-state index in [4.69, 9.17) is 15.7 Å². The molecule has 0 aliphatic carbocycles. The summed E-state index contributed by atoms with van der Waals surface area (Å²) in [6, 6.07) is 0. The van der Waals surface area contributed by atoms with Gasteiger partial charge in [0.15, 0.2) is 0 Å². The summed E-state index contributed by atoms with van der Waals surface area (Å²) in [5.41, 5.74) is 2.04. The molecule has 0 saturated heterocycles. The summed E-state index contributed by atoms with van der Waals surface area (Å²) < 4.78 is 16.8. The Kier molecular flexibility index (Phi) is 9.35. The van der Waals surface area contributed by atoms with Crippen LogP contribution in [0.25, 0.3) is 0 Å². The third-order valence-corrected chi connectivity index (χ3v) is 1.84. The van der Waals surface area contributed by atoms with Crippen molar-refractivity contribution in [2.24, 2.45) is 5.84 Å². The van der Waals surface area contributed by atoms with Crippen LogP contribution >= 0.6 is 0 Å². The Labute approximate surface area is 88.8 Å². The second-order valence-electron chi connectivity index (χ2n) is 3.26. The smallest absolute Gasteiger partial charge is 0.233 e. The van der Waals surface area contributed by atoms with Gasteiger partial charge in [0, 0.05) is 13.0 Å². The molecule has 0 aromatic rings. The molecular formula is C9H19FN2O3. The lowest BCUT2D eigenvalue weighted by Gasteiger charge is -2.06. The number of carbonyl (C=O) groups is 1. The number of halogens is 1. The molecule has 15 heavy (non-hydrogen) atoms. The zero-order chi connectivity index (χ0) is 11.5. The number of carbonyl (C=O) groups excluding carboxylic acids is 1. The minimum Gasteiger partial charge on any atom is -0.388 e. The van der Waals surface area contributed by atoms with Crippen LogP contribution in [0.2, 0.25) is 0 Å². The van der Waals surface area contributed by atoms with Crippen LogP contribution in [0.3, 0.4) is 0 Å². The molecule has 0 aliphatic heterocycles. The van der Waals surface area contributed by atoms with E-state index >= 15 is 0 Å². The predicted molar refractivity (Wildman–Crippen MR) is 53.6 cm³/mol. The molecule has 5 nitrogen and oxygen atoms in total. The minimum absolute atomic E-state index is 0.0276. The van der Waals surface area contributed by atoms with Gasteiger partial charge < -0.3 is 9.84 Å². The highest BCUT2D eigenvalue weighted by Gasteiger charge is 2.02. The van der Waals surface area contributed by atoms with Crippen molar-refractivity contribution in [2.75, 3.05) is 19.9 Å². The number of rotatable bonds is 9. The molecule has 1 atom stereocenters. The van der Waals surface area contributed by atoms with Crippen LogP contribution in [0.1, 0.15) is 25.7 Å². The Bertz CT molecular complexity index is 169. The quantitative estimate of drug-likeness (QED) is 0.220. The lowest BCUT2D eigenvalue weighted by Crippen LogP contribution is -2.29. The molecule has 4 N–H and O–H groups in total. The van der Waals surface area contributed by atoms with Crippen molar-refractivity contribution in [3.05, 3.63) is 0 Å². The van der Waals surface area contributed by atoms with Crippen molar-refractivity contribution in [2.45, 2.75) is 31.8 Å². The van der Waals surface area contributed by atoms with E-state index in [1.165, 1.54) is 0 Å². The van der Waals surface area contributed by atoms with Gasteiger partial charge in [-0.3, -0.25) is 10.2 Å². The Hall–Kier alpha value is -0.720. The van der Waals surface area contributed by atoms with E-state index < -0.39 is 12.8 Å². The first-order valence-electron chi connectivity index (χ1n) is 5.02. The topological polar surface area (TPSA) is 84.6 Å². The zero-order valence-electron chi connectivity index (χ0n) is 8.75. The van der Waals surface area contributed by atoms with E-state index in [1.54, 1.807) is 0 Å². The van der Waals surface area contributed by atoms with Crippen LogP contribution in [0, 0.1) is 0 Å². The minimum atomic E-state index is -1.02. The average molecular weight is 222 g/mol. The van der Waals surface area contributed by atoms with E-state index in [0.717, 1.165) is 19.3 Å². The first-order valence-corrected chi connectivity index (χ1v) is 5.02. The Balaban J connectivity index is 3.08. The maximum Gasteiger partial charge on any atom is 0.233 e. The number of nitrogens with two attached hydrogens (primary N) is 1. The number of unbranched alkanes of at least 4 members (excludes halogenated alkanes) is 2. The van der Waals surface area contributed by atoms with Gasteiger partial charge in [0.1, 0.15) is 12.8 Å². The molecule has 1 amide bonds. The van der Waals surface area contributed by atoms with E-state index in [0.29, 0.717) is 13.0 Å². The fourth-order valence-electron chi connectivity index (χ4n) is 1.00. The maximum atomic E-state index is 11.8. The standard InChI is InChI=1S/C9H19FN2O3/c10-6-8(13)7-15-5-3-1-2-4-9(14)12-11/h8,13H,1-7,11H2,(H,12,14)/t8-/m0/s1. The van der Waals surface area contributed by atoms with Crippen molar-refractivity contribution in [3.63, 3.8) is 0 Å². The van der Waals surface area contributed by atoms with Gasteiger partial charge in [-0.15, -0.1) is 0 Å². The molecule has 0 unspecified atom stereocenters. The fourth-order valence-corrected chi connectivity index (χ4v) is 1.00. The van der Waals surface area contributed by atoms with Gasteiger partial charge in [-0.1, -0.05) is 6.42 Å². The van der Waals surface area contributed by atoms with Gasteiger partial charge in [0.25, 0.3) is 0 Å². The van der Waals surface area contributed by atoms with Crippen molar-refractivity contribution >= 4 is 5.91 Å². The van der Waals surface area contributed by atoms with E-state index in [1.807, 2.05) is 5.43 Å². The Morgan fingerprint density at radius 1 is 1.47 bits per heavy atom. The molecule has 0 spiro atoms. The highest BCUT2D eigenvalue weighted by Crippen LogP contribution is 2.00. The summed E-state index contributed by atoms with van der Waals surface area (Å²) >= 11 is 0. The summed E-state index contributed by atoms with van der Waals surface area (Å²) in [4.78, 5) is 10.7. The zero-order valence-corrected chi connectivity index (χ0v) is 8.75. The van der Waals surface area contributed by atoms with Crippen LogP contribution in [0.4, 0.5) is 4.39 Å². The lowest BCUT2D eigenvalue weighted by atomic mass is 10.2. The predicted octanol–water partition coefficient (Wildman–Crippen LogP) is -0.116. The lowest BCUT2D eigenvalue weighted by molar-refractivity contribution is -0.121. The highest BCUT2D eigenvalue weighted by atomic mass is 19.1. The second-order valence-corrected chi connectivity index (χ2v) is 3.26. The molecule has 0 heterocycles. The molecule has 90 valence electrons. The van der Waals surface area contributed by atoms with Crippen LogP contribution in [-0.4, -0.2) is 37.0 Å². The monoisotopic (exact) mass is 222 g/mol. The number of alkyl halides is 1. The van der Waals surface area contributed by atoms with Gasteiger partial charge in [-0.05, 0) is 12.8 Å². The largest absolute Gasteiger partial charge is 0.388 e. The van der Waals surface area contributed by atoms with Gasteiger partial charge >= 0.3 is 0 Å². The first-order chi connectivity index (χ1) is 7.20. The number of ether oxygens (including phenoxy) is 1. The third-order valence-electron chi connectivity index (χ3n) is 1.84. The molecule has 0 rings (SSSR count). The maximum absolute atomic E-state index is 11.8.